The average Bonchev–Trinajstić information content (AvgIpc) is 3.05. The van der Waals surface area contributed by atoms with E-state index in [9.17, 15) is 22.8 Å². The Labute approximate surface area is 178 Å². The second kappa shape index (κ2) is 7.94. The molecule has 1 amide bonds. The molecule has 1 aromatic heterocycles. The molecule has 1 fully saturated rings. The van der Waals surface area contributed by atoms with Crippen molar-refractivity contribution in [2.45, 2.75) is 37.9 Å². The van der Waals surface area contributed by atoms with Crippen molar-refractivity contribution in [1.29, 1.82) is 0 Å². The lowest BCUT2D eigenvalue weighted by atomic mass is 9.85. The minimum atomic E-state index is -4.46. The van der Waals surface area contributed by atoms with Crippen molar-refractivity contribution < 1.29 is 18.0 Å². The van der Waals surface area contributed by atoms with E-state index in [4.69, 9.17) is 0 Å². The van der Waals surface area contributed by atoms with Gasteiger partial charge in [-0.25, -0.2) is 4.79 Å². The molecule has 3 aromatic rings. The number of halogens is 4. The number of benzene rings is 2. The summed E-state index contributed by atoms with van der Waals surface area (Å²) < 4.78 is 41.1. The first-order chi connectivity index (χ1) is 14.2. The lowest BCUT2D eigenvalue weighted by Gasteiger charge is -2.28. The summed E-state index contributed by atoms with van der Waals surface area (Å²) in [7, 11) is 0. The van der Waals surface area contributed by atoms with Gasteiger partial charge in [-0.3, -0.25) is 9.36 Å². The number of nitrogens with one attached hydrogen (secondary N) is 2. The van der Waals surface area contributed by atoms with Crippen LogP contribution in [-0.4, -0.2) is 15.5 Å². The highest BCUT2D eigenvalue weighted by Crippen LogP contribution is 2.35. The highest BCUT2D eigenvalue weighted by molar-refractivity contribution is 9.10. The third kappa shape index (κ3) is 4.03. The molecule has 1 aliphatic rings. The predicted molar refractivity (Wildman–Crippen MR) is 111 cm³/mol. The molecule has 158 valence electrons. The Balaban J connectivity index is 1.44. The maximum absolute atomic E-state index is 12.9. The first kappa shape index (κ1) is 20.7. The number of imidazole rings is 1. The Morgan fingerprint density at radius 1 is 1.10 bits per heavy atom. The number of para-hydroxylation sites is 1. The Hall–Kier alpha value is -2.55. The van der Waals surface area contributed by atoms with E-state index in [1.54, 1.807) is 4.57 Å². The van der Waals surface area contributed by atoms with Crippen LogP contribution < -0.4 is 11.0 Å². The number of fused-ring (bicyclic) bond motifs is 1. The van der Waals surface area contributed by atoms with Crippen LogP contribution in [0.15, 0.2) is 51.7 Å². The van der Waals surface area contributed by atoms with Crippen molar-refractivity contribution >= 4 is 38.6 Å². The molecule has 0 bridgehead atoms. The third-order valence-corrected chi connectivity index (χ3v) is 6.25. The van der Waals surface area contributed by atoms with Gasteiger partial charge in [0.15, 0.2) is 0 Å². The van der Waals surface area contributed by atoms with Crippen molar-refractivity contribution in [3.8, 4) is 0 Å². The zero-order valence-corrected chi connectivity index (χ0v) is 17.4. The normalized spacial score (nSPS) is 19.7. The van der Waals surface area contributed by atoms with Gasteiger partial charge in [0.25, 0.3) is 0 Å². The van der Waals surface area contributed by atoms with Crippen LogP contribution in [0.2, 0.25) is 0 Å². The lowest BCUT2D eigenvalue weighted by Crippen LogP contribution is -2.31. The number of rotatable bonds is 3. The summed E-state index contributed by atoms with van der Waals surface area (Å²) >= 11 is 3.44. The monoisotopic (exact) mass is 481 g/mol. The van der Waals surface area contributed by atoms with Crippen LogP contribution in [0.5, 0.6) is 0 Å². The van der Waals surface area contributed by atoms with Crippen LogP contribution in [-0.2, 0) is 11.0 Å². The molecule has 5 nitrogen and oxygen atoms in total. The second-order valence-corrected chi connectivity index (χ2v) is 8.36. The third-order valence-electron chi connectivity index (χ3n) is 5.59. The Morgan fingerprint density at radius 3 is 2.50 bits per heavy atom. The van der Waals surface area contributed by atoms with Gasteiger partial charge in [0.2, 0.25) is 5.91 Å². The Kier molecular flexibility index (Phi) is 5.48. The number of hydrogen-bond donors (Lipinski definition) is 2. The molecule has 1 saturated carbocycles. The fraction of sp³-hybridized carbons (Fsp3) is 0.333. The number of alkyl halides is 3. The van der Waals surface area contributed by atoms with E-state index in [0.717, 1.165) is 27.6 Å². The molecule has 0 aliphatic heterocycles. The fourth-order valence-corrected chi connectivity index (χ4v) is 4.54. The van der Waals surface area contributed by atoms with E-state index >= 15 is 0 Å². The summed E-state index contributed by atoms with van der Waals surface area (Å²) in [5.41, 5.74) is 0.704. The van der Waals surface area contributed by atoms with Crippen LogP contribution in [0.4, 0.5) is 18.9 Å². The average molecular weight is 482 g/mol. The molecule has 4 rings (SSSR count). The molecule has 1 heterocycles. The smallest absolute Gasteiger partial charge is 0.326 e. The molecule has 30 heavy (non-hydrogen) atoms. The summed E-state index contributed by atoms with van der Waals surface area (Å²) in [4.78, 5) is 27.9. The minimum Gasteiger partial charge on any atom is -0.326 e. The molecular weight excluding hydrogens is 463 g/mol. The summed E-state index contributed by atoms with van der Waals surface area (Å²) in [5.74, 6) is -0.592. The van der Waals surface area contributed by atoms with E-state index < -0.39 is 11.7 Å². The van der Waals surface area contributed by atoms with Crippen LogP contribution in [0.25, 0.3) is 11.0 Å². The summed E-state index contributed by atoms with van der Waals surface area (Å²) in [6, 6.07) is 10.2. The SMILES string of the molecule is O=C(Nc1cccc(C(F)(F)F)c1)C1CCC(n2c(=O)[nH]c3c(Br)cccc32)CC1. The number of hydrogen-bond acceptors (Lipinski definition) is 2. The van der Waals surface area contributed by atoms with Gasteiger partial charge < -0.3 is 10.3 Å². The van der Waals surface area contributed by atoms with Gasteiger partial charge in [-0.15, -0.1) is 0 Å². The van der Waals surface area contributed by atoms with Gasteiger partial charge in [0, 0.05) is 22.1 Å². The molecule has 9 heteroatoms. The molecule has 0 radical (unpaired) electrons. The highest BCUT2D eigenvalue weighted by Gasteiger charge is 2.32. The van der Waals surface area contributed by atoms with E-state index in [1.165, 1.54) is 12.1 Å². The maximum atomic E-state index is 12.9. The number of carbonyl (C=O) groups is 1. The largest absolute Gasteiger partial charge is 0.416 e. The standard InChI is InChI=1S/C21H19BrF3N3O2/c22-16-5-2-6-17-18(16)27-20(30)28(17)15-9-7-12(8-10-15)19(29)26-14-4-1-3-13(11-14)21(23,24)25/h1-6,11-12,15H,7-10H2,(H,26,29)(H,27,30). The van der Waals surface area contributed by atoms with Crippen LogP contribution >= 0.6 is 15.9 Å². The van der Waals surface area contributed by atoms with Crippen molar-refractivity contribution in [2.24, 2.45) is 5.92 Å². The Bertz CT molecular complexity index is 1140. The van der Waals surface area contributed by atoms with Crippen molar-refractivity contribution in [1.82, 2.24) is 9.55 Å². The van der Waals surface area contributed by atoms with E-state index in [1.807, 2.05) is 18.2 Å². The topological polar surface area (TPSA) is 66.9 Å². The van der Waals surface area contributed by atoms with E-state index in [2.05, 4.69) is 26.2 Å². The zero-order valence-electron chi connectivity index (χ0n) is 15.8. The minimum absolute atomic E-state index is 0.0295. The van der Waals surface area contributed by atoms with Gasteiger partial charge in [-0.2, -0.15) is 13.2 Å². The van der Waals surface area contributed by atoms with Crippen LogP contribution in [0, 0.1) is 5.92 Å². The van der Waals surface area contributed by atoms with E-state index in [-0.39, 0.29) is 29.2 Å². The summed E-state index contributed by atoms with van der Waals surface area (Å²) in [6.07, 6.45) is -2.06. The quantitative estimate of drug-likeness (QED) is 0.519. The van der Waals surface area contributed by atoms with E-state index in [0.29, 0.717) is 25.7 Å². The molecule has 2 aromatic carbocycles. The van der Waals surface area contributed by atoms with Crippen molar-refractivity contribution in [3.05, 3.63) is 63.0 Å². The molecule has 0 saturated heterocycles. The molecule has 0 unspecified atom stereocenters. The van der Waals surface area contributed by atoms with Gasteiger partial charge >= 0.3 is 11.9 Å². The van der Waals surface area contributed by atoms with Crippen molar-refractivity contribution in [3.63, 3.8) is 0 Å². The molecular formula is C21H19BrF3N3O2. The first-order valence-electron chi connectivity index (χ1n) is 9.61. The predicted octanol–water partition coefficient (Wildman–Crippen LogP) is 5.48. The zero-order chi connectivity index (χ0) is 21.5. The number of aromatic amines is 1. The number of anilines is 1. The molecule has 0 atom stereocenters. The highest BCUT2D eigenvalue weighted by atomic mass is 79.9. The van der Waals surface area contributed by atoms with Gasteiger partial charge in [-0.05, 0) is 71.9 Å². The summed E-state index contributed by atoms with van der Waals surface area (Å²) in [6.45, 7) is 0. The number of nitrogens with zero attached hydrogens (tertiary/aromatic N) is 1. The van der Waals surface area contributed by atoms with Crippen LogP contribution in [0.3, 0.4) is 0 Å². The molecule has 0 spiro atoms. The number of H-pyrrole nitrogens is 1. The van der Waals surface area contributed by atoms with Crippen LogP contribution in [0.1, 0.15) is 37.3 Å². The number of amides is 1. The molecule has 1 aliphatic carbocycles. The molecule has 2 N–H and O–H groups in total. The van der Waals surface area contributed by atoms with Gasteiger partial charge in [0.1, 0.15) is 0 Å². The first-order valence-corrected chi connectivity index (χ1v) is 10.4. The Morgan fingerprint density at radius 2 is 1.80 bits per heavy atom. The second-order valence-electron chi connectivity index (χ2n) is 7.51. The fourth-order valence-electron chi connectivity index (χ4n) is 4.09. The lowest BCUT2D eigenvalue weighted by molar-refractivity contribution is -0.137. The van der Waals surface area contributed by atoms with Gasteiger partial charge in [-0.1, -0.05) is 12.1 Å². The maximum Gasteiger partial charge on any atom is 0.416 e. The number of aromatic nitrogens is 2. The summed E-state index contributed by atoms with van der Waals surface area (Å²) in [5, 5.41) is 2.60. The number of carbonyl (C=O) groups excluding carboxylic acids is 1. The van der Waals surface area contributed by atoms with Crippen molar-refractivity contribution in [2.75, 3.05) is 5.32 Å². The van der Waals surface area contributed by atoms with Gasteiger partial charge in [0.05, 0.1) is 16.6 Å².